The Hall–Kier alpha value is -1.48. The molecule has 1 aliphatic rings. The van der Waals surface area contributed by atoms with E-state index in [1.807, 2.05) is 7.05 Å². The zero-order valence-corrected chi connectivity index (χ0v) is 13.3. The Morgan fingerprint density at radius 1 is 1.32 bits per heavy atom. The summed E-state index contributed by atoms with van der Waals surface area (Å²) in [5, 5.41) is 14.1. The number of likely N-dealkylation sites (N-methyl/N-ethyl adjacent to an activating group) is 1. The summed E-state index contributed by atoms with van der Waals surface area (Å²) in [6.07, 6.45) is 0.616. The average molecular weight is 327 g/mol. The van der Waals surface area contributed by atoms with Crippen LogP contribution in [0.2, 0.25) is 0 Å². The number of aliphatic hydroxyl groups is 1. The third kappa shape index (κ3) is 3.83. The Kier molecular flexibility index (Phi) is 5.17. The third-order valence-electron chi connectivity index (χ3n) is 3.96. The van der Waals surface area contributed by atoms with Crippen molar-refractivity contribution in [1.82, 2.24) is 9.80 Å². The minimum atomic E-state index is -3.75. The second-order valence-corrected chi connectivity index (χ2v) is 7.03. The SMILES string of the molecule is CN1CCN(C(=O)c2ccc(S(N)(=O)=O)cc2)CC1CCO. The van der Waals surface area contributed by atoms with Crippen LogP contribution in [0.5, 0.6) is 0 Å². The van der Waals surface area contributed by atoms with Crippen LogP contribution in [0.25, 0.3) is 0 Å². The molecule has 0 aromatic heterocycles. The first-order chi connectivity index (χ1) is 10.3. The van der Waals surface area contributed by atoms with Gasteiger partial charge in [-0.1, -0.05) is 0 Å². The lowest BCUT2D eigenvalue weighted by Gasteiger charge is -2.39. The Labute approximate surface area is 130 Å². The van der Waals surface area contributed by atoms with Crippen LogP contribution >= 0.6 is 0 Å². The van der Waals surface area contributed by atoms with E-state index in [-0.39, 0.29) is 23.5 Å². The van der Waals surface area contributed by atoms with E-state index in [1.54, 1.807) is 4.90 Å². The van der Waals surface area contributed by atoms with Gasteiger partial charge in [0, 0.05) is 37.8 Å². The molecule has 1 atom stereocenters. The van der Waals surface area contributed by atoms with Crippen LogP contribution in [0.15, 0.2) is 29.2 Å². The van der Waals surface area contributed by atoms with Crippen LogP contribution in [0, 0.1) is 0 Å². The fourth-order valence-electron chi connectivity index (χ4n) is 2.56. The molecule has 1 aromatic carbocycles. The summed E-state index contributed by atoms with van der Waals surface area (Å²) in [6, 6.07) is 5.75. The predicted octanol–water partition coefficient (Wildman–Crippen LogP) is -0.527. The summed E-state index contributed by atoms with van der Waals surface area (Å²) in [4.78, 5) is 16.3. The maximum Gasteiger partial charge on any atom is 0.253 e. The average Bonchev–Trinajstić information content (AvgIpc) is 2.48. The Bertz CT molecular complexity index is 630. The van der Waals surface area contributed by atoms with Gasteiger partial charge in [-0.25, -0.2) is 13.6 Å². The number of hydrogen-bond donors (Lipinski definition) is 2. The minimum absolute atomic E-state index is 0.0133. The zero-order valence-electron chi connectivity index (χ0n) is 12.5. The van der Waals surface area contributed by atoms with Crippen molar-refractivity contribution in [1.29, 1.82) is 0 Å². The highest BCUT2D eigenvalue weighted by Crippen LogP contribution is 2.15. The van der Waals surface area contributed by atoms with E-state index in [0.29, 0.717) is 25.1 Å². The molecular formula is C14H21N3O4S. The van der Waals surface area contributed by atoms with Gasteiger partial charge in [0.15, 0.2) is 0 Å². The van der Waals surface area contributed by atoms with Crippen LogP contribution in [-0.4, -0.2) is 68.6 Å². The van der Waals surface area contributed by atoms with Gasteiger partial charge in [0.25, 0.3) is 5.91 Å². The number of benzene rings is 1. The van der Waals surface area contributed by atoms with Crippen molar-refractivity contribution in [3.05, 3.63) is 29.8 Å². The minimum Gasteiger partial charge on any atom is -0.396 e. The first-order valence-electron chi connectivity index (χ1n) is 7.06. The number of primary sulfonamides is 1. The monoisotopic (exact) mass is 327 g/mol. The van der Waals surface area contributed by atoms with Crippen LogP contribution < -0.4 is 5.14 Å². The number of hydrogen-bond acceptors (Lipinski definition) is 5. The molecule has 8 heteroatoms. The van der Waals surface area contributed by atoms with Gasteiger partial charge >= 0.3 is 0 Å². The van der Waals surface area contributed by atoms with Crippen molar-refractivity contribution < 1.29 is 18.3 Å². The molecule has 0 saturated carbocycles. The largest absolute Gasteiger partial charge is 0.396 e. The lowest BCUT2D eigenvalue weighted by Crippen LogP contribution is -2.53. The van der Waals surface area contributed by atoms with Crippen molar-refractivity contribution in [3.8, 4) is 0 Å². The molecule has 1 unspecified atom stereocenters. The summed E-state index contributed by atoms with van der Waals surface area (Å²) >= 11 is 0. The molecule has 1 amide bonds. The molecule has 122 valence electrons. The van der Waals surface area contributed by atoms with E-state index in [9.17, 15) is 13.2 Å². The fourth-order valence-corrected chi connectivity index (χ4v) is 3.08. The molecule has 22 heavy (non-hydrogen) atoms. The number of sulfonamides is 1. The summed E-state index contributed by atoms with van der Waals surface area (Å²) < 4.78 is 22.4. The van der Waals surface area contributed by atoms with E-state index in [0.717, 1.165) is 6.54 Å². The van der Waals surface area contributed by atoms with E-state index in [1.165, 1.54) is 24.3 Å². The van der Waals surface area contributed by atoms with Crippen molar-refractivity contribution in [3.63, 3.8) is 0 Å². The Balaban J connectivity index is 2.11. The number of carbonyl (C=O) groups excluding carboxylic acids is 1. The van der Waals surface area contributed by atoms with Gasteiger partial charge in [-0.15, -0.1) is 0 Å². The van der Waals surface area contributed by atoms with Crippen molar-refractivity contribution in [2.75, 3.05) is 33.3 Å². The molecule has 3 N–H and O–H groups in total. The fraction of sp³-hybridized carbons (Fsp3) is 0.500. The molecule has 0 bridgehead atoms. The quantitative estimate of drug-likeness (QED) is 0.774. The number of piperazine rings is 1. The maximum absolute atomic E-state index is 12.5. The summed E-state index contributed by atoms with van der Waals surface area (Å²) in [5.41, 5.74) is 0.430. The van der Waals surface area contributed by atoms with Crippen LogP contribution in [0.3, 0.4) is 0 Å². The van der Waals surface area contributed by atoms with E-state index in [4.69, 9.17) is 10.2 Å². The predicted molar refractivity (Wildman–Crippen MR) is 81.8 cm³/mol. The highest BCUT2D eigenvalue weighted by Gasteiger charge is 2.27. The molecule has 1 saturated heterocycles. The van der Waals surface area contributed by atoms with Crippen LogP contribution in [-0.2, 0) is 10.0 Å². The number of rotatable bonds is 4. The van der Waals surface area contributed by atoms with Crippen LogP contribution in [0.4, 0.5) is 0 Å². The third-order valence-corrected chi connectivity index (χ3v) is 4.89. The first-order valence-corrected chi connectivity index (χ1v) is 8.61. The maximum atomic E-state index is 12.5. The Morgan fingerprint density at radius 3 is 2.50 bits per heavy atom. The topological polar surface area (TPSA) is 104 Å². The smallest absolute Gasteiger partial charge is 0.253 e. The normalized spacial score (nSPS) is 20.1. The molecule has 0 radical (unpaired) electrons. The van der Waals surface area contributed by atoms with Crippen molar-refractivity contribution >= 4 is 15.9 Å². The number of carbonyl (C=O) groups is 1. The van der Waals surface area contributed by atoms with Crippen LogP contribution in [0.1, 0.15) is 16.8 Å². The standard InChI is InChI=1S/C14H21N3O4S/c1-16-7-8-17(10-12(16)6-9-18)14(19)11-2-4-13(5-3-11)22(15,20)21/h2-5,12,18H,6-10H2,1H3,(H2,15,20,21). The van der Waals surface area contributed by atoms with Gasteiger partial charge in [-0.3, -0.25) is 9.69 Å². The van der Waals surface area contributed by atoms with Crippen molar-refractivity contribution in [2.24, 2.45) is 5.14 Å². The number of nitrogens with two attached hydrogens (primary N) is 1. The van der Waals surface area contributed by atoms with Gasteiger partial charge in [-0.2, -0.15) is 0 Å². The van der Waals surface area contributed by atoms with Gasteiger partial charge in [0.2, 0.25) is 10.0 Å². The molecule has 2 rings (SSSR count). The van der Waals surface area contributed by atoms with Gasteiger partial charge in [0.05, 0.1) is 4.90 Å². The van der Waals surface area contributed by atoms with E-state index in [2.05, 4.69) is 4.90 Å². The van der Waals surface area contributed by atoms with E-state index >= 15 is 0 Å². The second-order valence-electron chi connectivity index (χ2n) is 5.47. The molecular weight excluding hydrogens is 306 g/mol. The lowest BCUT2D eigenvalue weighted by molar-refractivity contribution is 0.0500. The second kappa shape index (κ2) is 6.74. The molecule has 1 fully saturated rings. The molecule has 0 spiro atoms. The number of aliphatic hydroxyl groups excluding tert-OH is 1. The van der Waals surface area contributed by atoms with Gasteiger partial charge in [-0.05, 0) is 37.7 Å². The molecule has 1 aromatic rings. The molecule has 1 heterocycles. The summed E-state index contributed by atoms with van der Waals surface area (Å²) in [6.45, 7) is 1.98. The van der Waals surface area contributed by atoms with Gasteiger partial charge in [0.1, 0.15) is 0 Å². The van der Waals surface area contributed by atoms with Gasteiger partial charge < -0.3 is 10.0 Å². The first kappa shape index (κ1) is 16.9. The zero-order chi connectivity index (χ0) is 16.3. The van der Waals surface area contributed by atoms with Crippen molar-refractivity contribution in [2.45, 2.75) is 17.4 Å². The number of amides is 1. The highest BCUT2D eigenvalue weighted by molar-refractivity contribution is 7.89. The number of nitrogens with zero attached hydrogens (tertiary/aromatic N) is 2. The summed E-state index contributed by atoms with van der Waals surface area (Å²) in [5.74, 6) is -0.142. The highest BCUT2D eigenvalue weighted by atomic mass is 32.2. The molecule has 1 aliphatic heterocycles. The lowest BCUT2D eigenvalue weighted by atomic mass is 10.1. The summed E-state index contributed by atoms with van der Waals surface area (Å²) in [7, 11) is -1.78. The van der Waals surface area contributed by atoms with E-state index < -0.39 is 10.0 Å². The molecule has 7 nitrogen and oxygen atoms in total. The Morgan fingerprint density at radius 2 is 1.95 bits per heavy atom. The molecule has 0 aliphatic carbocycles.